The average Bonchev–Trinajstić information content (AvgIpc) is 3.20. The molecular formula is C19H25N5O2. The van der Waals surface area contributed by atoms with Crippen molar-refractivity contribution in [3.8, 4) is 0 Å². The molecule has 1 aromatic heterocycles. The van der Waals surface area contributed by atoms with Crippen LogP contribution in [0.25, 0.3) is 0 Å². The van der Waals surface area contributed by atoms with Crippen molar-refractivity contribution in [3.63, 3.8) is 0 Å². The van der Waals surface area contributed by atoms with Gasteiger partial charge in [-0.05, 0) is 17.9 Å². The third kappa shape index (κ3) is 4.68. The van der Waals surface area contributed by atoms with Crippen LogP contribution in [0, 0.1) is 0 Å². The van der Waals surface area contributed by atoms with Crippen LogP contribution in [0.1, 0.15) is 37.4 Å². The molecule has 1 atom stereocenters. The number of aromatic nitrogens is 3. The third-order valence-corrected chi connectivity index (χ3v) is 4.55. The predicted molar refractivity (Wildman–Crippen MR) is 97.4 cm³/mol. The van der Waals surface area contributed by atoms with Crippen LogP contribution in [0.5, 0.6) is 0 Å². The van der Waals surface area contributed by atoms with Gasteiger partial charge in [-0.3, -0.25) is 9.59 Å². The van der Waals surface area contributed by atoms with Gasteiger partial charge in [0.05, 0.1) is 11.7 Å². The fourth-order valence-corrected chi connectivity index (χ4v) is 3.07. The maximum absolute atomic E-state index is 12.2. The molecule has 7 heteroatoms. The first-order valence-electron chi connectivity index (χ1n) is 9.02. The molecule has 138 valence electrons. The van der Waals surface area contributed by atoms with Gasteiger partial charge in [-0.25, -0.2) is 4.68 Å². The number of likely N-dealkylation sites (tertiary alicyclic amines) is 1. The monoisotopic (exact) mass is 355 g/mol. The van der Waals surface area contributed by atoms with Crippen LogP contribution in [-0.2, 0) is 22.6 Å². The van der Waals surface area contributed by atoms with Crippen molar-refractivity contribution in [2.24, 2.45) is 0 Å². The van der Waals surface area contributed by atoms with E-state index in [4.69, 9.17) is 0 Å². The molecule has 0 saturated carbocycles. The van der Waals surface area contributed by atoms with Crippen molar-refractivity contribution in [2.45, 2.75) is 45.2 Å². The van der Waals surface area contributed by atoms with Gasteiger partial charge < -0.3 is 10.2 Å². The topological polar surface area (TPSA) is 80.1 Å². The van der Waals surface area contributed by atoms with E-state index in [-0.39, 0.29) is 30.3 Å². The molecule has 1 fully saturated rings. The summed E-state index contributed by atoms with van der Waals surface area (Å²) < 4.78 is 1.54. The molecule has 1 saturated heterocycles. The lowest BCUT2D eigenvalue weighted by Crippen LogP contribution is -2.39. The molecule has 1 aromatic carbocycles. The van der Waals surface area contributed by atoms with Gasteiger partial charge in [0, 0.05) is 25.7 Å². The summed E-state index contributed by atoms with van der Waals surface area (Å²) in [6.45, 7) is 5.42. The van der Waals surface area contributed by atoms with Crippen molar-refractivity contribution in [2.75, 3.05) is 13.1 Å². The zero-order chi connectivity index (χ0) is 18.5. The summed E-state index contributed by atoms with van der Waals surface area (Å²) in [4.78, 5) is 26.2. The molecule has 2 heterocycles. The van der Waals surface area contributed by atoms with Crippen LogP contribution in [0.2, 0.25) is 0 Å². The number of carbonyl (C=O) groups excluding carboxylic acids is 2. The Morgan fingerprint density at radius 1 is 1.31 bits per heavy atom. The molecule has 2 aromatic rings. The zero-order valence-corrected chi connectivity index (χ0v) is 15.3. The number of nitrogens with zero attached hydrogens (tertiary/aromatic N) is 4. The average molecular weight is 355 g/mol. The minimum Gasteiger partial charge on any atom is -0.349 e. The van der Waals surface area contributed by atoms with E-state index >= 15 is 0 Å². The molecule has 26 heavy (non-hydrogen) atoms. The molecule has 3 rings (SSSR count). The molecule has 0 unspecified atom stereocenters. The summed E-state index contributed by atoms with van der Waals surface area (Å²) in [7, 11) is 0. The van der Waals surface area contributed by atoms with Gasteiger partial charge in [0.1, 0.15) is 6.54 Å². The highest BCUT2D eigenvalue weighted by molar-refractivity contribution is 5.82. The maximum Gasteiger partial charge on any atom is 0.242 e. The number of nitrogens with one attached hydrogen (secondary N) is 1. The van der Waals surface area contributed by atoms with E-state index in [0.29, 0.717) is 19.5 Å². The van der Waals surface area contributed by atoms with Crippen molar-refractivity contribution < 1.29 is 9.59 Å². The fraction of sp³-hybridized carbons (Fsp3) is 0.474. The third-order valence-electron chi connectivity index (χ3n) is 4.55. The van der Waals surface area contributed by atoms with Crippen molar-refractivity contribution in [1.29, 1.82) is 0 Å². The molecule has 0 bridgehead atoms. The van der Waals surface area contributed by atoms with Gasteiger partial charge in [-0.15, -0.1) is 5.10 Å². The van der Waals surface area contributed by atoms with E-state index in [1.165, 1.54) is 10.2 Å². The highest BCUT2D eigenvalue weighted by atomic mass is 16.2. The Bertz CT molecular complexity index is 756. The van der Waals surface area contributed by atoms with Crippen LogP contribution in [-0.4, -0.2) is 50.8 Å². The summed E-state index contributed by atoms with van der Waals surface area (Å²) >= 11 is 0. The van der Waals surface area contributed by atoms with Gasteiger partial charge >= 0.3 is 0 Å². The summed E-state index contributed by atoms with van der Waals surface area (Å²) in [6, 6.07) is 9.96. The lowest BCUT2D eigenvalue weighted by atomic mass is 10.1. The Kier molecular flexibility index (Phi) is 5.65. The number of hydrogen-bond acceptors (Lipinski definition) is 4. The molecule has 1 aliphatic rings. The van der Waals surface area contributed by atoms with Crippen molar-refractivity contribution >= 4 is 11.8 Å². The maximum atomic E-state index is 12.2. The predicted octanol–water partition coefficient (Wildman–Crippen LogP) is 1.36. The quantitative estimate of drug-likeness (QED) is 0.813. The molecule has 2 amide bonds. The summed E-state index contributed by atoms with van der Waals surface area (Å²) in [5.41, 5.74) is 2.07. The zero-order valence-electron chi connectivity index (χ0n) is 15.3. The van der Waals surface area contributed by atoms with Crippen LogP contribution in [0.3, 0.4) is 0 Å². The van der Waals surface area contributed by atoms with E-state index in [1.807, 2.05) is 36.9 Å². The van der Waals surface area contributed by atoms with E-state index in [2.05, 4.69) is 27.8 Å². The number of benzene rings is 1. The molecule has 0 aliphatic carbocycles. The first-order chi connectivity index (χ1) is 12.5. The molecule has 7 nitrogen and oxygen atoms in total. The number of rotatable bonds is 7. The lowest BCUT2D eigenvalue weighted by Gasteiger charge is -2.17. The molecule has 1 N–H and O–H groups in total. The van der Waals surface area contributed by atoms with Crippen molar-refractivity contribution in [3.05, 3.63) is 47.8 Å². The Morgan fingerprint density at radius 3 is 2.77 bits per heavy atom. The molecule has 0 radical (unpaired) electrons. The summed E-state index contributed by atoms with van der Waals surface area (Å²) in [5, 5.41) is 11.0. The smallest absolute Gasteiger partial charge is 0.242 e. The molecule has 1 aliphatic heterocycles. The fourth-order valence-electron chi connectivity index (χ4n) is 3.07. The minimum absolute atomic E-state index is 0.0917. The highest BCUT2D eigenvalue weighted by Crippen LogP contribution is 2.13. The van der Waals surface area contributed by atoms with E-state index in [9.17, 15) is 9.59 Å². The second kappa shape index (κ2) is 8.12. The van der Waals surface area contributed by atoms with E-state index in [0.717, 1.165) is 12.1 Å². The minimum atomic E-state index is -0.145. The summed E-state index contributed by atoms with van der Waals surface area (Å²) in [5.74, 6) is 0.222. The van der Waals surface area contributed by atoms with Crippen molar-refractivity contribution in [1.82, 2.24) is 25.2 Å². The second-order valence-electron chi connectivity index (χ2n) is 7.04. The Hall–Kier alpha value is -2.70. The van der Waals surface area contributed by atoms with E-state index < -0.39 is 0 Å². The van der Waals surface area contributed by atoms with Crippen LogP contribution in [0.4, 0.5) is 0 Å². The molecular weight excluding hydrogens is 330 g/mol. The Morgan fingerprint density at radius 2 is 2.08 bits per heavy atom. The number of hydrogen-bond donors (Lipinski definition) is 1. The Labute approximate surface area is 153 Å². The first kappa shape index (κ1) is 18.1. The first-order valence-corrected chi connectivity index (χ1v) is 9.02. The summed E-state index contributed by atoms with van der Waals surface area (Å²) in [6.07, 6.45) is 2.97. The van der Waals surface area contributed by atoms with Crippen LogP contribution < -0.4 is 5.32 Å². The molecule has 0 spiro atoms. The van der Waals surface area contributed by atoms with Gasteiger partial charge in [0.15, 0.2) is 0 Å². The van der Waals surface area contributed by atoms with Gasteiger partial charge in [0.25, 0.3) is 0 Å². The number of carbonyl (C=O) groups is 2. The second-order valence-corrected chi connectivity index (χ2v) is 7.04. The lowest BCUT2D eigenvalue weighted by molar-refractivity contribution is -0.127. The van der Waals surface area contributed by atoms with Gasteiger partial charge in [0.2, 0.25) is 11.8 Å². The normalized spacial score (nSPS) is 17.1. The van der Waals surface area contributed by atoms with E-state index in [1.54, 1.807) is 6.20 Å². The van der Waals surface area contributed by atoms with Crippen LogP contribution >= 0.6 is 0 Å². The van der Waals surface area contributed by atoms with Crippen LogP contribution in [0.15, 0.2) is 36.5 Å². The highest BCUT2D eigenvalue weighted by Gasteiger charge is 2.30. The number of amides is 2. The largest absolute Gasteiger partial charge is 0.349 e. The Balaban J connectivity index is 1.46. The standard InChI is InChI=1S/C19H25N5O2/c1-14(2)17-12-24(22-21-17)13-18(25)20-16-10-19(26)23(11-16)9-8-15-6-4-3-5-7-15/h3-7,12,14,16H,8-11,13H2,1-2H3,(H,20,25)/t16-/m1/s1. The SMILES string of the molecule is CC(C)c1cn(CC(=O)N[C@@H]2CC(=O)N(CCc3ccccc3)C2)nn1. The van der Waals surface area contributed by atoms with Gasteiger partial charge in [-0.2, -0.15) is 0 Å². The van der Waals surface area contributed by atoms with Gasteiger partial charge in [-0.1, -0.05) is 49.4 Å².